The van der Waals surface area contributed by atoms with Crippen molar-refractivity contribution in [1.82, 2.24) is 9.80 Å². The lowest BCUT2D eigenvalue weighted by molar-refractivity contribution is -0.119. The Morgan fingerprint density at radius 2 is 1.62 bits per heavy atom. The van der Waals surface area contributed by atoms with Crippen LogP contribution in [-0.4, -0.2) is 67.4 Å². The minimum atomic E-state index is -0.317. The SMILES string of the molecule is O=CN1CCN(C(=O)c2cccc(C(=O)Nc3ccc4c(c3)OCCO4)c2)CC1. The first-order valence-corrected chi connectivity index (χ1v) is 9.44. The quantitative estimate of drug-likeness (QED) is 0.795. The molecule has 0 saturated carbocycles. The number of fused-ring (bicyclic) bond motifs is 1. The largest absolute Gasteiger partial charge is 0.486 e. The van der Waals surface area contributed by atoms with Gasteiger partial charge in [0.2, 0.25) is 6.41 Å². The normalized spacial score (nSPS) is 15.6. The molecular weight excluding hydrogens is 374 g/mol. The number of nitrogens with one attached hydrogen (secondary N) is 1. The molecule has 0 aliphatic carbocycles. The van der Waals surface area contributed by atoms with Gasteiger partial charge in [-0.1, -0.05) is 6.07 Å². The molecular formula is C21H21N3O5. The summed E-state index contributed by atoms with van der Waals surface area (Å²) < 4.78 is 11.0. The second kappa shape index (κ2) is 8.22. The van der Waals surface area contributed by atoms with E-state index in [1.165, 1.54) is 0 Å². The van der Waals surface area contributed by atoms with E-state index in [1.54, 1.807) is 52.3 Å². The van der Waals surface area contributed by atoms with Crippen LogP contribution in [0.2, 0.25) is 0 Å². The number of carbonyl (C=O) groups is 3. The third-order valence-electron chi connectivity index (χ3n) is 4.92. The van der Waals surface area contributed by atoms with Crippen LogP contribution < -0.4 is 14.8 Å². The number of ether oxygens (including phenoxy) is 2. The van der Waals surface area contributed by atoms with Crippen molar-refractivity contribution in [1.29, 1.82) is 0 Å². The van der Waals surface area contributed by atoms with Crippen LogP contribution in [-0.2, 0) is 4.79 Å². The highest BCUT2D eigenvalue weighted by Crippen LogP contribution is 2.32. The fourth-order valence-corrected chi connectivity index (χ4v) is 3.33. The fourth-order valence-electron chi connectivity index (χ4n) is 3.33. The number of piperazine rings is 1. The second-order valence-corrected chi connectivity index (χ2v) is 6.83. The molecule has 0 aromatic heterocycles. The molecule has 29 heavy (non-hydrogen) atoms. The molecule has 3 amide bonds. The molecule has 0 radical (unpaired) electrons. The highest BCUT2D eigenvalue weighted by atomic mass is 16.6. The van der Waals surface area contributed by atoms with Crippen LogP contribution in [0.15, 0.2) is 42.5 Å². The molecule has 0 spiro atoms. The zero-order chi connectivity index (χ0) is 20.2. The predicted molar refractivity (Wildman–Crippen MR) is 105 cm³/mol. The first kappa shape index (κ1) is 18.8. The van der Waals surface area contributed by atoms with Gasteiger partial charge in [0.15, 0.2) is 11.5 Å². The van der Waals surface area contributed by atoms with Crippen LogP contribution in [0, 0.1) is 0 Å². The van der Waals surface area contributed by atoms with Gasteiger partial charge in [0.1, 0.15) is 13.2 Å². The summed E-state index contributed by atoms with van der Waals surface area (Å²) in [4.78, 5) is 39.6. The minimum Gasteiger partial charge on any atom is -0.486 e. The topological polar surface area (TPSA) is 88.2 Å². The monoisotopic (exact) mass is 395 g/mol. The van der Waals surface area contributed by atoms with E-state index in [0.717, 1.165) is 6.41 Å². The highest BCUT2D eigenvalue weighted by molar-refractivity contribution is 6.06. The van der Waals surface area contributed by atoms with Crippen LogP contribution in [0.5, 0.6) is 11.5 Å². The van der Waals surface area contributed by atoms with Gasteiger partial charge in [-0.3, -0.25) is 14.4 Å². The summed E-state index contributed by atoms with van der Waals surface area (Å²) in [5.41, 5.74) is 1.41. The van der Waals surface area contributed by atoms with E-state index < -0.39 is 0 Å². The predicted octanol–water partition coefficient (Wildman–Crippen LogP) is 1.62. The molecule has 0 bridgehead atoms. The molecule has 0 unspecified atom stereocenters. The summed E-state index contributed by atoms with van der Waals surface area (Å²) in [7, 11) is 0. The maximum atomic E-state index is 12.7. The van der Waals surface area contributed by atoms with Crippen molar-refractivity contribution in [3.63, 3.8) is 0 Å². The van der Waals surface area contributed by atoms with Crippen molar-refractivity contribution in [3.05, 3.63) is 53.6 Å². The Labute approximate surface area is 168 Å². The van der Waals surface area contributed by atoms with Crippen LogP contribution >= 0.6 is 0 Å². The molecule has 1 fully saturated rings. The molecule has 8 nitrogen and oxygen atoms in total. The summed E-state index contributed by atoms with van der Waals surface area (Å²) in [5, 5.41) is 2.82. The van der Waals surface area contributed by atoms with Gasteiger partial charge < -0.3 is 24.6 Å². The number of hydrogen-bond donors (Lipinski definition) is 1. The lowest BCUT2D eigenvalue weighted by Crippen LogP contribution is -2.48. The summed E-state index contributed by atoms with van der Waals surface area (Å²) in [5.74, 6) is 0.774. The molecule has 1 saturated heterocycles. The maximum Gasteiger partial charge on any atom is 0.255 e. The van der Waals surface area contributed by atoms with Gasteiger partial charge in [0.05, 0.1) is 0 Å². The Balaban J connectivity index is 1.45. The van der Waals surface area contributed by atoms with Gasteiger partial charge in [-0.15, -0.1) is 0 Å². The molecule has 2 heterocycles. The van der Waals surface area contributed by atoms with Crippen LogP contribution in [0.1, 0.15) is 20.7 Å². The Bertz CT molecular complexity index is 938. The average molecular weight is 395 g/mol. The minimum absolute atomic E-state index is 0.149. The lowest BCUT2D eigenvalue weighted by Gasteiger charge is -2.32. The van der Waals surface area contributed by atoms with Crippen LogP contribution in [0.3, 0.4) is 0 Å². The van der Waals surface area contributed by atoms with Crippen molar-refractivity contribution < 1.29 is 23.9 Å². The molecule has 2 aliphatic heterocycles. The first-order valence-electron chi connectivity index (χ1n) is 9.44. The Morgan fingerprint density at radius 1 is 0.897 bits per heavy atom. The fraction of sp³-hybridized carbons (Fsp3) is 0.286. The van der Waals surface area contributed by atoms with Gasteiger partial charge in [0.25, 0.3) is 11.8 Å². The number of benzene rings is 2. The zero-order valence-corrected chi connectivity index (χ0v) is 15.8. The number of amides is 3. The van der Waals surface area contributed by atoms with Gasteiger partial charge in [-0.25, -0.2) is 0 Å². The lowest BCUT2D eigenvalue weighted by atomic mass is 10.1. The van der Waals surface area contributed by atoms with Gasteiger partial charge in [0, 0.05) is 49.1 Å². The van der Waals surface area contributed by atoms with Crippen LogP contribution in [0.25, 0.3) is 0 Å². The van der Waals surface area contributed by atoms with E-state index >= 15 is 0 Å². The third kappa shape index (κ3) is 4.16. The highest BCUT2D eigenvalue weighted by Gasteiger charge is 2.22. The summed E-state index contributed by atoms with van der Waals surface area (Å²) in [6.45, 7) is 2.95. The van der Waals surface area contributed by atoms with Crippen molar-refractivity contribution >= 4 is 23.9 Å². The number of anilines is 1. The van der Waals surface area contributed by atoms with E-state index in [9.17, 15) is 14.4 Å². The molecule has 0 atom stereocenters. The summed E-state index contributed by atoms with van der Waals surface area (Å²) >= 11 is 0. The molecule has 2 aromatic carbocycles. The van der Waals surface area contributed by atoms with Crippen molar-refractivity contribution in [2.24, 2.45) is 0 Å². The Morgan fingerprint density at radius 3 is 2.38 bits per heavy atom. The molecule has 8 heteroatoms. The molecule has 2 aromatic rings. The van der Waals surface area contributed by atoms with Gasteiger partial charge >= 0.3 is 0 Å². The molecule has 150 valence electrons. The third-order valence-corrected chi connectivity index (χ3v) is 4.92. The van der Waals surface area contributed by atoms with Crippen molar-refractivity contribution in [2.75, 3.05) is 44.7 Å². The Kier molecular flexibility index (Phi) is 5.33. The van der Waals surface area contributed by atoms with Crippen molar-refractivity contribution in [3.8, 4) is 11.5 Å². The standard InChI is InChI=1S/C21H21N3O5/c25-14-23-6-8-24(9-7-23)21(27)16-3-1-2-15(12-16)20(26)22-17-4-5-18-19(13-17)29-11-10-28-18/h1-5,12-14H,6-11H2,(H,22,26). The summed E-state index contributed by atoms with van der Waals surface area (Å²) in [6.07, 6.45) is 0.796. The first-order chi connectivity index (χ1) is 14.1. The summed E-state index contributed by atoms with van der Waals surface area (Å²) in [6, 6.07) is 11.8. The van der Waals surface area contributed by atoms with Gasteiger partial charge in [-0.05, 0) is 30.3 Å². The van der Waals surface area contributed by atoms with E-state index in [0.29, 0.717) is 67.7 Å². The molecule has 1 N–H and O–H groups in total. The van der Waals surface area contributed by atoms with Gasteiger partial charge in [-0.2, -0.15) is 0 Å². The number of rotatable bonds is 4. The Hall–Kier alpha value is -3.55. The zero-order valence-electron chi connectivity index (χ0n) is 15.8. The molecule has 2 aliphatic rings. The van der Waals surface area contributed by atoms with Crippen LogP contribution in [0.4, 0.5) is 5.69 Å². The van der Waals surface area contributed by atoms with E-state index in [1.807, 2.05) is 0 Å². The average Bonchev–Trinajstić information content (AvgIpc) is 2.78. The van der Waals surface area contributed by atoms with Crippen molar-refractivity contribution in [2.45, 2.75) is 0 Å². The second-order valence-electron chi connectivity index (χ2n) is 6.83. The van der Waals surface area contributed by atoms with E-state index in [2.05, 4.69) is 5.32 Å². The smallest absolute Gasteiger partial charge is 0.255 e. The molecule has 4 rings (SSSR count). The number of carbonyl (C=O) groups excluding carboxylic acids is 3. The van der Waals surface area contributed by atoms with E-state index in [-0.39, 0.29) is 11.8 Å². The maximum absolute atomic E-state index is 12.7. The van der Waals surface area contributed by atoms with E-state index in [4.69, 9.17) is 9.47 Å². The number of nitrogens with zero attached hydrogens (tertiary/aromatic N) is 2. The number of hydrogen-bond acceptors (Lipinski definition) is 5.